The van der Waals surface area contributed by atoms with Crippen LogP contribution in [-0.2, 0) is 12.8 Å². The smallest absolute Gasteiger partial charge is 0.416 e. The molecule has 4 nitrogen and oxygen atoms in total. The summed E-state index contributed by atoms with van der Waals surface area (Å²) in [7, 11) is 0. The molecule has 108 valence electrons. The molecule has 1 aromatic carbocycles. The number of nitrogen functional groups attached to an aromatic ring is 1. The number of halogens is 3. The van der Waals surface area contributed by atoms with Crippen molar-refractivity contribution in [2.45, 2.75) is 12.8 Å². The van der Waals surface area contributed by atoms with Crippen LogP contribution in [0.15, 0.2) is 36.5 Å². The van der Waals surface area contributed by atoms with Crippen molar-refractivity contribution in [3.05, 3.63) is 53.3 Å². The van der Waals surface area contributed by atoms with E-state index in [0.717, 1.165) is 12.1 Å². The van der Waals surface area contributed by atoms with E-state index in [1.165, 1.54) is 18.3 Å². The molecule has 0 radical (unpaired) electrons. The third-order valence-electron chi connectivity index (χ3n) is 2.67. The Balaban J connectivity index is 2.12. The monoisotopic (exact) mass is 293 g/mol. The van der Waals surface area contributed by atoms with Crippen LogP contribution in [0.5, 0.6) is 5.75 Å². The van der Waals surface area contributed by atoms with Crippen LogP contribution in [0.3, 0.4) is 0 Å². The molecule has 0 saturated heterocycles. The van der Waals surface area contributed by atoms with E-state index in [9.17, 15) is 13.2 Å². The van der Waals surface area contributed by atoms with Crippen molar-refractivity contribution in [1.82, 2.24) is 4.98 Å². The summed E-state index contributed by atoms with van der Waals surface area (Å²) < 4.78 is 42.9. The van der Waals surface area contributed by atoms with Crippen LogP contribution in [-0.4, -0.2) is 4.98 Å². The van der Waals surface area contributed by atoms with Gasteiger partial charge in [0.05, 0.1) is 11.3 Å². The Morgan fingerprint density at radius 1 is 1.24 bits per heavy atom. The SMILES string of the molecule is N#Cc1cc(COc2ccc(C(F)(F)F)cc2N)ccn1. The normalized spacial score (nSPS) is 11.0. The Morgan fingerprint density at radius 2 is 2.00 bits per heavy atom. The standard InChI is InChI=1S/C14H10F3N3O/c15-14(16,17)10-1-2-13(12(19)6-10)21-8-9-3-4-20-11(5-9)7-18/h1-6H,8,19H2. The predicted octanol–water partition coefficient (Wildman–Crippen LogP) is 3.13. The number of benzene rings is 1. The maximum Gasteiger partial charge on any atom is 0.416 e. The Morgan fingerprint density at radius 3 is 2.62 bits per heavy atom. The Hall–Kier alpha value is -2.75. The Kier molecular flexibility index (Phi) is 3.98. The van der Waals surface area contributed by atoms with Gasteiger partial charge in [-0.2, -0.15) is 18.4 Å². The van der Waals surface area contributed by atoms with Gasteiger partial charge >= 0.3 is 6.18 Å². The van der Waals surface area contributed by atoms with E-state index in [2.05, 4.69) is 4.98 Å². The summed E-state index contributed by atoms with van der Waals surface area (Å²) in [5.41, 5.74) is 5.52. The van der Waals surface area contributed by atoms with E-state index in [0.29, 0.717) is 5.56 Å². The molecule has 0 amide bonds. The highest BCUT2D eigenvalue weighted by molar-refractivity contribution is 5.54. The second-order valence-electron chi connectivity index (χ2n) is 4.20. The molecule has 0 aliphatic heterocycles. The molecule has 21 heavy (non-hydrogen) atoms. The van der Waals surface area contributed by atoms with Crippen molar-refractivity contribution in [3.63, 3.8) is 0 Å². The van der Waals surface area contributed by atoms with E-state index >= 15 is 0 Å². The molecule has 0 atom stereocenters. The first-order chi connectivity index (χ1) is 9.90. The molecule has 0 spiro atoms. The Labute approximate surface area is 118 Å². The van der Waals surface area contributed by atoms with E-state index in [-0.39, 0.29) is 23.7 Å². The molecular weight excluding hydrogens is 283 g/mol. The first kappa shape index (κ1) is 14.7. The lowest BCUT2D eigenvalue weighted by Crippen LogP contribution is -2.06. The van der Waals surface area contributed by atoms with Gasteiger partial charge in [0.25, 0.3) is 0 Å². The quantitative estimate of drug-likeness (QED) is 0.882. The van der Waals surface area contributed by atoms with Gasteiger partial charge in [0.1, 0.15) is 24.1 Å². The Bertz CT molecular complexity index is 693. The van der Waals surface area contributed by atoms with E-state index in [1.807, 2.05) is 6.07 Å². The summed E-state index contributed by atoms with van der Waals surface area (Å²) in [6.45, 7) is 0.0762. The third kappa shape index (κ3) is 3.63. The lowest BCUT2D eigenvalue weighted by atomic mass is 10.2. The minimum absolute atomic E-state index is 0.0762. The molecule has 1 heterocycles. The summed E-state index contributed by atoms with van der Waals surface area (Å²) in [5.74, 6) is 0.151. The lowest BCUT2D eigenvalue weighted by molar-refractivity contribution is -0.137. The van der Waals surface area contributed by atoms with Gasteiger partial charge in [-0.15, -0.1) is 0 Å². The van der Waals surface area contributed by atoms with Gasteiger partial charge in [-0.1, -0.05) is 0 Å². The zero-order chi connectivity index (χ0) is 15.5. The summed E-state index contributed by atoms with van der Waals surface area (Å²) in [5, 5.41) is 8.72. The summed E-state index contributed by atoms with van der Waals surface area (Å²) in [6, 6.07) is 7.95. The second kappa shape index (κ2) is 5.71. The average Bonchev–Trinajstić information content (AvgIpc) is 2.45. The molecule has 1 aromatic heterocycles. The molecule has 7 heteroatoms. The number of nitrogens with zero attached hydrogens (tertiary/aromatic N) is 2. The third-order valence-corrected chi connectivity index (χ3v) is 2.67. The highest BCUT2D eigenvalue weighted by atomic mass is 19.4. The molecule has 0 saturated carbocycles. The van der Waals surface area contributed by atoms with Crippen LogP contribution in [0.1, 0.15) is 16.8 Å². The summed E-state index contributed by atoms with van der Waals surface area (Å²) in [4.78, 5) is 3.80. The van der Waals surface area contributed by atoms with Crippen LogP contribution in [0.2, 0.25) is 0 Å². The van der Waals surface area contributed by atoms with Crippen molar-refractivity contribution in [3.8, 4) is 11.8 Å². The molecule has 0 bridgehead atoms. The molecule has 2 aromatic rings. The number of nitrogens with two attached hydrogens (primary N) is 1. The minimum atomic E-state index is -4.44. The number of hydrogen-bond donors (Lipinski definition) is 1. The molecular formula is C14H10F3N3O. The van der Waals surface area contributed by atoms with Crippen LogP contribution in [0.25, 0.3) is 0 Å². The van der Waals surface area contributed by atoms with Gasteiger partial charge in [0.15, 0.2) is 0 Å². The zero-order valence-electron chi connectivity index (χ0n) is 10.7. The fourth-order valence-corrected chi connectivity index (χ4v) is 1.64. The topological polar surface area (TPSA) is 71.9 Å². The average molecular weight is 293 g/mol. The van der Waals surface area contributed by atoms with Crippen molar-refractivity contribution < 1.29 is 17.9 Å². The zero-order valence-corrected chi connectivity index (χ0v) is 10.7. The molecule has 0 fully saturated rings. The van der Waals surface area contributed by atoms with Crippen LogP contribution < -0.4 is 10.5 Å². The maximum atomic E-state index is 12.5. The number of hydrogen-bond acceptors (Lipinski definition) is 4. The van der Waals surface area contributed by atoms with Crippen molar-refractivity contribution in [2.24, 2.45) is 0 Å². The fourth-order valence-electron chi connectivity index (χ4n) is 1.64. The molecule has 2 rings (SSSR count). The molecule has 0 unspecified atom stereocenters. The fraction of sp³-hybridized carbons (Fsp3) is 0.143. The number of alkyl halides is 3. The van der Waals surface area contributed by atoms with Crippen LogP contribution in [0, 0.1) is 11.3 Å². The molecule has 2 N–H and O–H groups in total. The number of rotatable bonds is 3. The van der Waals surface area contributed by atoms with Gasteiger partial charge in [-0.3, -0.25) is 0 Å². The van der Waals surface area contributed by atoms with E-state index in [1.54, 1.807) is 6.07 Å². The van der Waals surface area contributed by atoms with E-state index in [4.69, 9.17) is 15.7 Å². The largest absolute Gasteiger partial charge is 0.487 e. The van der Waals surface area contributed by atoms with Gasteiger partial charge < -0.3 is 10.5 Å². The highest BCUT2D eigenvalue weighted by Gasteiger charge is 2.30. The van der Waals surface area contributed by atoms with E-state index < -0.39 is 11.7 Å². The van der Waals surface area contributed by atoms with Crippen molar-refractivity contribution >= 4 is 5.69 Å². The minimum Gasteiger partial charge on any atom is -0.487 e. The predicted molar refractivity (Wildman–Crippen MR) is 69.1 cm³/mol. The summed E-state index contributed by atoms with van der Waals surface area (Å²) >= 11 is 0. The molecule has 0 aliphatic rings. The molecule has 0 aliphatic carbocycles. The number of pyridine rings is 1. The summed E-state index contributed by atoms with van der Waals surface area (Å²) in [6.07, 6.45) is -2.99. The first-order valence-electron chi connectivity index (χ1n) is 5.84. The van der Waals surface area contributed by atoms with Crippen LogP contribution in [0.4, 0.5) is 18.9 Å². The van der Waals surface area contributed by atoms with Crippen molar-refractivity contribution in [2.75, 3.05) is 5.73 Å². The second-order valence-corrected chi connectivity index (χ2v) is 4.20. The maximum absolute atomic E-state index is 12.5. The van der Waals surface area contributed by atoms with Gasteiger partial charge in [0.2, 0.25) is 0 Å². The lowest BCUT2D eigenvalue weighted by Gasteiger charge is -2.12. The number of nitriles is 1. The number of anilines is 1. The first-order valence-corrected chi connectivity index (χ1v) is 5.84. The number of ether oxygens (including phenoxy) is 1. The highest BCUT2D eigenvalue weighted by Crippen LogP contribution is 2.33. The number of aromatic nitrogens is 1. The van der Waals surface area contributed by atoms with Gasteiger partial charge in [-0.25, -0.2) is 4.98 Å². The van der Waals surface area contributed by atoms with Gasteiger partial charge in [0, 0.05) is 6.20 Å². The van der Waals surface area contributed by atoms with Crippen molar-refractivity contribution in [1.29, 1.82) is 5.26 Å². The van der Waals surface area contributed by atoms with Gasteiger partial charge in [-0.05, 0) is 35.9 Å². The van der Waals surface area contributed by atoms with Crippen LogP contribution >= 0.6 is 0 Å².